The van der Waals surface area contributed by atoms with E-state index in [-0.39, 0.29) is 21.2 Å². The Labute approximate surface area is 243 Å². The maximum absolute atomic E-state index is 13.8. The van der Waals surface area contributed by atoms with Crippen LogP contribution in [0.15, 0.2) is 112 Å². The van der Waals surface area contributed by atoms with Gasteiger partial charge in [0.05, 0.1) is 34.0 Å². The number of carbonyl (C=O) groups excluding carboxylic acids is 1. The van der Waals surface area contributed by atoms with Crippen LogP contribution in [0.25, 0.3) is 0 Å². The van der Waals surface area contributed by atoms with Gasteiger partial charge in [-0.1, -0.05) is 12.1 Å². The van der Waals surface area contributed by atoms with E-state index >= 15 is 0 Å². The van der Waals surface area contributed by atoms with Gasteiger partial charge in [0.1, 0.15) is 12.3 Å². The quantitative estimate of drug-likeness (QED) is 0.217. The zero-order valence-corrected chi connectivity index (χ0v) is 24.7. The first-order valence-corrected chi connectivity index (χ1v) is 16.5. The van der Waals surface area contributed by atoms with Crippen molar-refractivity contribution in [3.05, 3.63) is 97.3 Å². The number of para-hydroxylation sites is 2. The second-order valence-corrected chi connectivity index (χ2v) is 12.9. The molecule has 13 heteroatoms. The molecule has 0 bridgehead atoms. The molecule has 4 aromatic rings. The van der Waals surface area contributed by atoms with E-state index in [4.69, 9.17) is 4.74 Å². The highest BCUT2D eigenvalue weighted by molar-refractivity contribution is 7.98. The van der Waals surface area contributed by atoms with Crippen LogP contribution < -0.4 is 19.1 Å². The molecule has 1 aromatic heterocycles. The summed E-state index contributed by atoms with van der Waals surface area (Å²) in [7, 11) is -8.06. The third-order valence-corrected chi connectivity index (χ3v) is 9.65. The molecular formula is C28H28N4O6S3. The van der Waals surface area contributed by atoms with Gasteiger partial charge in [-0.2, -0.15) is 0 Å². The number of thioether (sulfide) groups is 1. The molecular weight excluding hydrogens is 585 g/mol. The van der Waals surface area contributed by atoms with Gasteiger partial charge in [-0.3, -0.25) is 18.8 Å². The van der Waals surface area contributed by atoms with Crippen molar-refractivity contribution >= 4 is 54.8 Å². The first-order valence-electron chi connectivity index (χ1n) is 12.4. The van der Waals surface area contributed by atoms with Crippen molar-refractivity contribution in [3.63, 3.8) is 0 Å². The Bertz CT molecular complexity index is 1700. The van der Waals surface area contributed by atoms with Crippen LogP contribution in [0.5, 0.6) is 5.75 Å². The number of anilines is 3. The normalized spacial score (nSPS) is 11.5. The number of nitrogens with zero attached hydrogens (tertiary/aromatic N) is 2. The maximum Gasteiger partial charge on any atom is 0.264 e. The molecule has 4 rings (SSSR count). The topological polar surface area (TPSA) is 135 Å². The molecule has 0 aliphatic heterocycles. The Morgan fingerprint density at radius 2 is 1.56 bits per heavy atom. The number of hydrogen-bond donors (Lipinski definition) is 2. The van der Waals surface area contributed by atoms with Crippen LogP contribution >= 0.6 is 11.8 Å². The smallest absolute Gasteiger partial charge is 0.264 e. The largest absolute Gasteiger partial charge is 0.492 e. The van der Waals surface area contributed by atoms with E-state index in [0.717, 1.165) is 9.20 Å². The standard InChI is InChI=1S/C28H28N4O6S3/c1-3-38-27-9-5-4-8-26(27)32(41(36,37)25-16-12-23(39-2)13-17-25)20-28(33)30-21-10-14-24(15-11-21)40(34,35)31-22-7-6-18-29-19-22/h4-19,31H,3,20H2,1-2H3,(H,30,33). The molecule has 0 spiro atoms. The molecule has 1 heterocycles. The van der Waals surface area contributed by atoms with E-state index in [0.29, 0.717) is 18.0 Å². The lowest BCUT2D eigenvalue weighted by Crippen LogP contribution is -2.38. The monoisotopic (exact) mass is 612 g/mol. The molecule has 10 nitrogen and oxygen atoms in total. The summed E-state index contributed by atoms with van der Waals surface area (Å²) in [5.74, 6) is -0.326. The number of ether oxygens (including phenoxy) is 1. The van der Waals surface area contributed by atoms with Crippen molar-refractivity contribution in [1.82, 2.24) is 4.98 Å². The van der Waals surface area contributed by atoms with Gasteiger partial charge in [-0.15, -0.1) is 11.8 Å². The van der Waals surface area contributed by atoms with Gasteiger partial charge in [0.15, 0.2) is 0 Å². The Hall–Kier alpha value is -4.07. The average molecular weight is 613 g/mol. The summed E-state index contributed by atoms with van der Waals surface area (Å²) in [6.45, 7) is 1.52. The molecule has 214 valence electrons. The number of amides is 1. The highest BCUT2D eigenvalue weighted by atomic mass is 32.2. The molecule has 0 saturated carbocycles. The van der Waals surface area contributed by atoms with E-state index in [1.54, 1.807) is 55.5 Å². The van der Waals surface area contributed by atoms with E-state index in [1.165, 1.54) is 60.6 Å². The summed E-state index contributed by atoms with van der Waals surface area (Å²) < 4.78 is 62.1. The number of pyridine rings is 1. The minimum atomic E-state index is -4.17. The molecule has 0 unspecified atom stereocenters. The van der Waals surface area contributed by atoms with Gasteiger partial charge in [-0.25, -0.2) is 16.8 Å². The van der Waals surface area contributed by atoms with Crippen LogP contribution in [0.2, 0.25) is 0 Å². The lowest BCUT2D eigenvalue weighted by molar-refractivity contribution is -0.114. The van der Waals surface area contributed by atoms with E-state index < -0.39 is 32.5 Å². The molecule has 0 fully saturated rings. The maximum atomic E-state index is 13.8. The number of rotatable bonds is 12. The first-order chi connectivity index (χ1) is 19.6. The van der Waals surface area contributed by atoms with E-state index in [9.17, 15) is 21.6 Å². The lowest BCUT2D eigenvalue weighted by Gasteiger charge is -2.26. The van der Waals surface area contributed by atoms with E-state index in [1.807, 2.05) is 6.26 Å². The predicted molar refractivity (Wildman–Crippen MR) is 160 cm³/mol. The van der Waals surface area contributed by atoms with Crippen LogP contribution in [0.4, 0.5) is 17.1 Å². The van der Waals surface area contributed by atoms with Gasteiger partial charge < -0.3 is 10.1 Å². The molecule has 1 amide bonds. The van der Waals surface area contributed by atoms with Crippen molar-refractivity contribution in [2.24, 2.45) is 0 Å². The van der Waals surface area contributed by atoms with Gasteiger partial charge in [0, 0.05) is 16.8 Å². The van der Waals surface area contributed by atoms with Crippen LogP contribution in [-0.2, 0) is 24.8 Å². The van der Waals surface area contributed by atoms with Gasteiger partial charge >= 0.3 is 0 Å². The number of aromatic nitrogens is 1. The van der Waals surface area contributed by atoms with Crippen molar-refractivity contribution in [3.8, 4) is 5.75 Å². The minimum Gasteiger partial charge on any atom is -0.492 e. The zero-order chi connectivity index (χ0) is 29.5. The molecule has 3 aromatic carbocycles. The Morgan fingerprint density at radius 3 is 2.20 bits per heavy atom. The fraction of sp³-hybridized carbons (Fsp3) is 0.143. The second-order valence-electron chi connectivity index (χ2n) is 8.51. The molecule has 0 aliphatic carbocycles. The molecule has 41 heavy (non-hydrogen) atoms. The van der Waals surface area contributed by atoms with Crippen LogP contribution in [-0.4, -0.2) is 47.1 Å². The SMILES string of the molecule is CCOc1ccccc1N(CC(=O)Nc1ccc(S(=O)(=O)Nc2cccnc2)cc1)S(=O)(=O)c1ccc(SC)cc1. The molecule has 0 saturated heterocycles. The number of carbonyl (C=O) groups is 1. The summed E-state index contributed by atoms with van der Waals surface area (Å²) in [4.78, 5) is 17.9. The third-order valence-electron chi connectivity index (χ3n) is 5.73. The molecule has 0 radical (unpaired) electrons. The molecule has 0 atom stereocenters. The lowest BCUT2D eigenvalue weighted by atomic mass is 10.3. The van der Waals surface area contributed by atoms with Gasteiger partial charge in [0.2, 0.25) is 5.91 Å². The fourth-order valence-electron chi connectivity index (χ4n) is 3.80. The van der Waals surface area contributed by atoms with Crippen LogP contribution in [0.3, 0.4) is 0 Å². The summed E-state index contributed by atoms with van der Waals surface area (Å²) in [5.41, 5.74) is 0.804. The summed E-state index contributed by atoms with van der Waals surface area (Å²) in [6.07, 6.45) is 4.79. The highest BCUT2D eigenvalue weighted by Gasteiger charge is 2.29. The zero-order valence-electron chi connectivity index (χ0n) is 22.2. The van der Waals surface area contributed by atoms with Crippen LogP contribution in [0, 0.1) is 0 Å². The van der Waals surface area contributed by atoms with Crippen molar-refractivity contribution in [1.29, 1.82) is 0 Å². The highest BCUT2D eigenvalue weighted by Crippen LogP contribution is 2.33. The van der Waals surface area contributed by atoms with Crippen molar-refractivity contribution in [2.45, 2.75) is 21.6 Å². The second kappa shape index (κ2) is 13.1. The Balaban J connectivity index is 1.58. The molecule has 0 aliphatic rings. The van der Waals surface area contributed by atoms with Crippen molar-refractivity contribution in [2.75, 3.05) is 33.8 Å². The number of hydrogen-bond acceptors (Lipinski definition) is 8. The predicted octanol–water partition coefficient (Wildman–Crippen LogP) is 4.84. The summed E-state index contributed by atoms with van der Waals surface area (Å²) in [6, 6.07) is 21.6. The number of nitrogens with one attached hydrogen (secondary N) is 2. The first kappa shape index (κ1) is 29.9. The summed E-state index contributed by atoms with van der Waals surface area (Å²) >= 11 is 1.48. The number of benzene rings is 3. The minimum absolute atomic E-state index is 0.0186. The van der Waals surface area contributed by atoms with Gasteiger partial charge in [-0.05, 0) is 86.0 Å². The van der Waals surface area contributed by atoms with Crippen molar-refractivity contribution < 1.29 is 26.4 Å². The molecule has 2 N–H and O–H groups in total. The fourth-order valence-corrected chi connectivity index (χ4v) is 6.68. The van der Waals surface area contributed by atoms with E-state index in [2.05, 4.69) is 15.0 Å². The third kappa shape index (κ3) is 7.37. The average Bonchev–Trinajstić information content (AvgIpc) is 2.97. The Morgan fingerprint density at radius 1 is 0.878 bits per heavy atom. The van der Waals surface area contributed by atoms with Crippen LogP contribution in [0.1, 0.15) is 6.92 Å². The number of sulfonamides is 2. The Kier molecular flexibility index (Phi) is 9.53. The van der Waals surface area contributed by atoms with Gasteiger partial charge in [0.25, 0.3) is 20.0 Å². The summed E-state index contributed by atoms with van der Waals surface area (Å²) in [5, 5.41) is 2.65.